The summed E-state index contributed by atoms with van der Waals surface area (Å²) in [5.41, 5.74) is 2.46. The van der Waals surface area contributed by atoms with Gasteiger partial charge in [0, 0.05) is 30.3 Å². The second-order valence-electron chi connectivity index (χ2n) is 6.19. The molecule has 0 radical (unpaired) electrons. The second-order valence-corrected chi connectivity index (χ2v) is 7.17. The van der Waals surface area contributed by atoms with Crippen LogP contribution in [0.2, 0.25) is 0 Å². The first-order valence-corrected chi connectivity index (χ1v) is 10.0. The number of nitrogens with zero attached hydrogens (tertiary/aromatic N) is 1. The molecule has 134 valence electrons. The molecule has 1 saturated heterocycles. The summed E-state index contributed by atoms with van der Waals surface area (Å²) in [6, 6.07) is 12.9. The molecule has 0 spiro atoms. The predicted molar refractivity (Wildman–Crippen MR) is 107 cm³/mol. The van der Waals surface area contributed by atoms with Crippen molar-refractivity contribution in [3.05, 3.63) is 52.2 Å². The summed E-state index contributed by atoms with van der Waals surface area (Å²) >= 11 is 1.76. The van der Waals surface area contributed by atoms with Gasteiger partial charge in [-0.15, -0.1) is 11.3 Å². The van der Waals surface area contributed by atoms with E-state index in [2.05, 4.69) is 65.8 Å². The molecular weight excluding hydrogens is 330 g/mol. The molecule has 1 atom stereocenters. The van der Waals surface area contributed by atoms with Gasteiger partial charge in [-0.1, -0.05) is 24.3 Å². The molecule has 1 aromatic carbocycles. The van der Waals surface area contributed by atoms with Crippen molar-refractivity contribution in [1.82, 2.24) is 0 Å². The summed E-state index contributed by atoms with van der Waals surface area (Å²) < 4.78 is 11.5. The molecule has 0 N–H and O–H groups in total. The molecule has 0 amide bonds. The van der Waals surface area contributed by atoms with Crippen LogP contribution >= 0.6 is 11.3 Å². The maximum atomic E-state index is 5.87. The third kappa shape index (κ3) is 5.70. The number of thiophene rings is 1. The Balaban J connectivity index is 1.50. The fraction of sp³-hybridized carbons (Fsp3) is 0.429. The lowest BCUT2D eigenvalue weighted by atomic mass is 10.1. The molecule has 1 aliphatic rings. The van der Waals surface area contributed by atoms with Gasteiger partial charge in [-0.3, -0.25) is 0 Å². The molecule has 2 heterocycles. The van der Waals surface area contributed by atoms with Gasteiger partial charge in [0.1, 0.15) is 0 Å². The van der Waals surface area contributed by atoms with Crippen LogP contribution in [-0.2, 0) is 9.47 Å². The molecule has 4 heteroatoms. The van der Waals surface area contributed by atoms with Gasteiger partial charge in [-0.2, -0.15) is 0 Å². The minimum Gasteiger partial charge on any atom is -0.369 e. The first-order chi connectivity index (χ1) is 12.3. The summed E-state index contributed by atoms with van der Waals surface area (Å²) in [5.74, 6) is 0. The van der Waals surface area contributed by atoms with Crippen molar-refractivity contribution in [3.8, 4) is 0 Å². The minimum absolute atomic E-state index is 0.00257. The highest BCUT2D eigenvalue weighted by molar-refractivity contribution is 7.10. The summed E-state index contributed by atoms with van der Waals surface area (Å²) in [7, 11) is 0. The molecule has 3 rings (SSSR count). The van der Waals surface area contributed by atoms with E-state index >= 15 is 0 Å². The van der Waals surface area contributed by atoms with Crippen molar-refractivity contribution < 1.29 is 9.47 Å². The smallest absolute Gasteiger partial charge is 0.157 e. The number of likely N-dealkylation sites (N-methyl/N-ethyl adjacent to an activating group) is 1. The highest BCUT2D eigenvalue weighted by Crippen LogP contribution is 2.19. The Labute approximate surface area is 154 Å². The van der Waals surface area contributed by atoms with Crippen LogP contribution in [0.5, 0.6) is 0 Å². The van der Waals surface area contributed by atoms with Crippen molar-refractivity contribution >= 4 is 29.2 Å². The number of rotatable bonds is 8. The Morgan fingerprint density at radius 3 is 2.76 bits per heavy atom. The lowest BCUT2D eigenvalue weighted by Gasteiger charge is -2.26. The van der Waals surface area contributed by atoms with E-state index in [0.717, 1.165) is 32.5 Å². The van der Waals surface area contributed by atoms with Crippen LogP contribution in [-0.4, -0.2) is 32.6 Å². The van der Waals surface area contributed by atoms with Crippen LogP contribution in [0.15, 0.2) is 41.8 Å². The first kappa shape index (κ1) is 18.2. The lowest BCUT2D eigenvalue weighted by Crippen LogP contribution is -2.30. The Hall–Kier alpha value is -1.62. The standard InChI is InChI=1S/C21H27NO2S/c1-2-22(14-16-24-21-7-3-4-15-23-21)19-11-8-18(9-12-19)10-13-20-6-5-17-25-20/h5-6,8-13,17,21H,2-4,7,14-16H2,1H3. The number of hydrogen-bond donors (Lipinski definition) is 0. The van der Waals surface area contributed by atoms with Crippen molar-refractivity contribution in [1.29, 1.82) is 0 Å². The maximum absolute atomic E-state index is 5.87. The molecule has 0 saturated carbocycles. The summed E-state index contributed by atoms with van der Waals surface area (Å²) in [4.78, 5) is 3.62. The molecular formula is C21H27NO2S. The predicted octanol–water partition coefficient (Wildman–Crippen LogP) is 5.29. The Morgan fingerprint density at radius 1 is 1.20 bits per heavy atom. The van der Waals surface area contributed by atoms with E-state index in [1.165, 1.54) is 22.5 Å². The van der Waals surface area contributed by atoms with Crippen molar-refractivity contribution in [3.63, 3.8) is 0 Å². The molecule has 0 bridgehead atoms. The van der Waals surface area contributed by atoms with Crippen molar-refractivity contribution in [2.45, 2.75) is 32.5 Å². The number of ether oxygens (including phenoxy) is 2. The van der Waals surface area contributed by atoms with Crippen LogP contribution in [0.4, 0.5) is 5.69 Å². The first-order valence-electron chi connectivity index (χ1n) is 9.15. The zero-order valence-electron chi connectivity index (χ0n) is 14.9. The molecule has 25 heavy (non-hydrogen) atoms. The third-order valence-electron chi connectivity index (χ3n) is 4.43. The second kappa shape index (κ2) is 9.76. The van der Waals surface area contributed by atoms with Crippen LogP contribution < -0.4 is 4.90 Å². The minimum atomic E-state index is -0.00257. The molecule has 1 unspecified atom stereocenters. The Morgan fingerprint density at radius 2 is 2.08 bits per heavy atom. The fourth-order valence-electron chi connectivity index (χ4n) is 2.97. The quantitative estimate of drug-likeness (QED) is 0.641. The van der Waals surface area contributed by atoms with Gasteiger partial charge in [-0.05, 0) is 61.4 Å². The van der Waals surface area contributed by atoms with Gasteiger partial charge in [0.25, 0.3) is 0 Å². The van der Waals surface area contributed by atoms with E-state index in [4.69, 9.17) is 9.47 Å². The molecule has 1 aliphatic heterocycles. The summed E-state index contributed by atoms with van der Waals surface area (Å²) in [5, 5.41) is 2.10. The van der Waals surface area contributed by atoms with Crippen LogP contribution in [0, 0.1) is 0 Å². The molecule has 1 aromatic heterocycles. The van der Waals surface area contributed by atoms with E-state index in [1.807, 2.05) is 0 Å². The third-order valence-corrected chi connectivity index (χ3v) is 5.26. The van der Waals surface area contributed by atoms with Gasteiger partial charge < -0.3 is 14.4 Å². The molecule has 0 aliphatic carbocycles. The van der Waals surface area contributed by atoms with Crippen LogP contribution in [0.3, 0.4) is 0 Å². The van der Waals surface area contributed by atoms with Crippen molar-refractivity contribution in [2.24, 2.45) is 0 Å². The largest absolute Gasteiger partial charge is 0.369 e. The van der Waals surface area contributed by atoms with Gasteiger partial charge in [0.05, 0.1) is 6.61 Å². The number of benzene rings is 1. The van der Waals surface area contributed by atoms with E-state index in [9.17, 15) is 0 Å². The zero-order valence-corrected chi connectivity index (χ0v) is 15.7. The number of hydrogen-bond acceptors (Lipinski definition) is 4. The SMILES string of the molecule is CCN(CCOC1CCCCO1)c1ccc(C=Cc2cccs2)cc1. The van der Waals surface area contributed by atoms with Gasteiger partial charge in [0.2, 0.25) is 0 Å². The lowest BCUT2D eigenvalue weighted by molar-refractivity contribution is -0.160. The molecule has 3 nitrogen and oxygen atoms in total. The topological polar surface area (TPSA) is 21.7 Å². The summed E-state index contributed by atoms with van der Waals surface area (Å²) in [6.45, 7) is 5.59. The van der Waals surface area contributed by atoms with Gasteiger partial charge in [-0.25, -0.2) is 0 Å². The average molecular weight is 358 g/mol. The number of anilines is 1. The van der Waals surface area contributed by atoms with Gasteiger partial charge in [0.15, 0.2) is 6.29 Å². The Kier molecular flexibility index (Phi) is 7.10. The van der Waals surface area contributed by atoms with E-state index in [-0.39, 0.29) is 6.29 Å². The van der Waals surface area contributed by atoms with Crippen LogP contribution in [0.25, 0.3) is 12.2 Å². The maximum Gasteiger partial charge on any atom is 0.157 e. The Bertz CT molecular complexity index is 630. The zero-order chi connectivity index (χ0) is 17.3. The van der Waals surface area contributed by atoms with Crippen molar-refractivity contribution in [2.75, 3.05) is 31.2 Å². The summed E-state index contributed by atoms with van der Waals surface area (Å²) in [6.07, 6.45) is 7.72. The van der Waals surface area contributed by atoms with E-state index < -0.39 is 0 Å². The van der Waals surface area contributed by atoms with Gasteiger partial charge >= 0.3 is 0 Å². The average Bonchev–Trinajstić information content (AvgIpc) is 3.19. The molecule has 2 aromatic rings. The fourth-order valence-corrected chi connectivity index (χ4v) is 3.59. The van der Waals surface area contributed by atoms with E-state index in [1.54, 1.807) is 11.3 Å². The van der Waals surface area contributed by atoms with Crippen LogP contribution in [0.1, 0.15) is 36.6 Å². The molecule has 1 fully saturated rings. The monoisotopic (exact) mass is 357 g/mol. The van der Waals surface area contributed by atoms with E-state index in [0.29, 0.717) is 6.61 Å². The highest BCUT2D eigenvalue weighted by Gasteiger charge is 2.14. The highest BCUT2D eigenvalue weighted by atomic mass is 32.1. The normalized spacial score (nSPS) is 17.9.